The number of esters is 1. The van der Waals surface area contributed by atoms with E-state index in [4.69, 9.17) is 16.3 Å². The molecule has 136 valence electrons. The van der Waals surface area contributed by atoms with E-state index in [1.165, 1.54) is 0 Å². The van der Waals surface area contributed by atoms with Crippen LogP contribution in [0.25, 0.3) is 6.08 Å². The van der Waals surface area contributed by atoms with Crippen molar-refractivity contribution in [2.75, 3.05) is 11.9 Å². The summed E-state index contributed by atoms with van der Waals surface area (Å²) in [6.07, 6.45) is -2.53. The Hall–Kier alpha value is -2.80. The minimum atomic E-state index is -4.52. The number of alkyl halides is 3. The van der Waals surface area contributed by atoms with E-state index in [1.807, 2.05) is 0 Å². The average Bonchev–Trinajstić information content (AvgIpc) is 2.59. The number of rotatable bonds is 5. The Morgan fingerprint density at radius 3 is 2.46 bits per heavy atom. The normalized spacial score (nSPS) is 11.4. The van der Waals surface area contributed by atoms with Gasteiger partial charge in [-0.2, -0.15) is 13.2 Å². The third-order valence-corrected chi connectivity index (χ3v) is 3.47. The summed E-state index contributed by atoms with van der Waals surface area (Å²) in [5, 5.41) is 2.56. The molecule has 0 aliphatic heterocycles. The SMILES string of the molecule is O=C(COC(=O)/C=C/c1cc(C(F)(F)F)ccc1Cl)Nc1ccccc1. The number of nitrogens with one attached hydrogen (secondary N) is 1. The van der Waals surface area contributed by atoms with E-state index in [0.717, 1.165) is 30.4 Å². The lowest BCUT2D eigenvalue weighted by Gasteiger charge is -2.08. The number of carbonyl (C=O) groups excluding carboxylic acids is 2. The van der Waals surface area contributed by atoms with Gasteiger partial charge in [-0.15, -0.1) is 0 Å². The van der Waals surface area contributed by atoms with Crippen LogP contribution >= 0.6 is 11.6 Å². The lowest BCUT2D eigenvalue weighted by Crippen LogP contribution is -2.20. The zero-order valence-corrected chi connectivity index (χ0v) is 14.0. The number of para-hydroxylation sites is 1. The Morgan fingerprint density at radius 2 is 1.81 bits per heavy atom. The highest BCUT2D eigenvalue weighted by molar-refractivity contribution is 6.32. The molecule has 0 bridgehead atoms. The molecule has 1 amide bonds. The molecule has 0 saturated heterocycles. The maximum Gasteiger partial charge on any atom is 0.416 e. The molecule has 2 aromatic rings. The fourth-order valence-corrected chi connectivity index (χ4v) is 2.09. The maximum atomic E-state index is 12.7. The van der Waals surface area contributed by atoms with E-state index in [2.05, 4.69) is 5.32 Å². The summed E-state index contributed by atoms with van der Waals surface area (Å²) >= 11 is 5.81. The summed E-state index contributed by atoms with van der Waals surface area (Å²) in [5.41, 5.74) is -0.343. The summed E-state index contributed by atoms with van der Waals surface area (Å²) in [5.74, 6) is -1.43. The van der Waals surface area contributed by atoms with Gasteiger partial charge in [0.05, 0.1) is 5.56 Å². The molecule has 0 fully saturated rings. The number of benzene rings is 2. The summed E-state index contributed by atoms with van der Waals surface area (Å²) in [7, 11) is 0. The van der Waals surface area contributed by atoms with E-state index in [-0.39, 0.29) is 10.6 Å². The molecule has 0 aliphatic carbocycles. The highest BCUT2D eigenvalue weighted by atomic mass is 35.5. The molecular weight excluding hydrogens is 371 g/mol. The average molecular weight is 384 g/mol. The number of ether oxygens (including phenoxy) is 1. The van der Waals surface area contributed by atoms with E-state index < -0.39 is 30.2 Å². The van der Waals surface area contributed by atoms with Crippen molar-refractivity contribution >= 4 is 35.2 Å². The number of anilines is 1. The minimum Gasteiger partial charge on any atom is -0.452 e. The topological polar surface area (TPSA) is 55.4 Å². The monoisotopic (exact) mass is 383 g/mol. The molecule has 0 radical (unpaired) electrons. The quantitative estimate of drug-likeness (QED) is 0.608. The molecule has 0 spiro atoms. The van der Waals surface area contributed by atoms with Gasteiger partial charge in [-0.1, -0.05) is 29.8 Å². The largest absolute Gasteiger partial charge is 0.452 e. The lowest BCUT2D eigenvalue weighted by molar-refractivity contribution is -0.142. The minimum absolute atomic E-state index is 0.00665. The van der Waals surface area contributed by atoms with Crippen LogP contribution in [0.4, 0.5) is 18.9 Å². The molecule has 0 saturated carbocycles. The van der Waals surface area contributed by atoms with Crippen molar-refractivity contribution in [3.05, 3.63) is 70.8 Å². The van der Waals surface area contributed by atoms with E-state index in [9.17, 15) is 22.8 Å². The van der Waals surface area contributed by atoms with Gasteiger partial charge in [0.25, 0.3) is 5.91 Å². The first-order valence-electron chi connectivity index (χ1n) is 7.32. The van der Waals surface area contributed by atoms with E-state index in [1.54, 1.807) is 30.3 Å². The van der Waals surface area contributed by atoms with Crippen molar-refractivity contribution in [1.82, 2.24) is 0 Å². The Labute approximate surface area is 152 Å². The third-order valence-electron chi connectivity index (χ3n) is 3.13. The molecular formula is C18H13ClF3NO3. The zero-order valence-electron chi connectivity index (χ0n) is 13.2. The predicted molar refractivity (Wildman–Crippen MR) is 91.5 cm³/mol. The first-order valence-corrected chi connectivity index (χ1v) is 7.70. The molecule has 0 unspecified atom stereocenters. The fourth-order valence-electron chi connectivity index (χ4n) is 1.91. The van der Waals surface area contributed by atoms with Gasteiger partial charge in [0.15, 0.2) is 6.61 Å². The summed E-state index contributed by atoms with van der Waals surface area (Å²) < 4.78 is 42.8. The van der Waals surface area contributed by atoms with Gasteiger partial charge in [0, 0.05) is 16.8 Å². The van der Waals surface area contributed by atoms with Crippen molar-refractivity contribution in [1.29, 1.82) is 0 Å². The molecule has 1 N–H and O–H groups in total. The van der Waals surface area contributed by atoms with Gasteiger partial charge in [-0.25, -0.2) is 4.79 Å². The highest BCUT2D eigenvalue weighted by Gasteiger charge is 2.30. The van der Waals surface area contributed by atoms with Crippen molar-refractivity contribution in [3.63, 3.8) is 0 Å². The van der Waals surface area contributed by atoms with Crippen LogP contribution in [-0.4, -0.2) is 18.5 Å². The lowest BCUT2D eigenvalue weighted by atomic mass is 10.1. The van der Waals surface area contributed by atoms with Crippen LogP contribution in [0.2, 0.25) is 5.02 Å². The summed E-state index contributed by atoms with van der Waals surface area (Å²) in [6, 6.07) is 11.3. The number of hydrogen-bond donors (Lipinski definition) is 1. The molecule has 0 heterocycles. The zero-order chi connectivity index (χ0) is 19.2. The molecule has 2 rings (SSSR count). The molecule has 2 aromatic carbocycles. The van der Waals surface area contributed by atoms with E-state index >= 15 is 0 Å². The number of carbonyl (C=O) groups is 2. The van der Waals surface area contributed by atoms with Crippen molar-refractivity contribution in [3.8, 4) is 0 Å². The first-order chi connectivity index (χ1) is 12.3. The summed E-state index contributed by atoms with van der Waals surface area (Å²) in [6.45, 7) is -0.533. The van der Waals surface area contributed by atoms with Crippen molar-refractivity contribution in [2.45, 2.75) is 6.18 Å². The van der Waals surface area contributed by atoms with Gasteiger partial charge in [0.2, 0.25) is 0 Å². The van der Waals surface area contributed by atoms with Crippen LogP contribution in [0.15, 0.2) is 54.6 Å². The molecule has 26 heavy (non-hydrogen) atoms. The number of amides is 1. The molecule has 8 heteroatoms. The molecule has 4 nitrogen and oxygen atoms in total. The van der Waals surface area contributed by atoms with Gasteiger partial charge in [-0.3, -0.25) is 4.79 Å². The second-order valence-corrected chi connectivity index (χ2v) is 5.50. The Morgan fingerprint density at radius 1 is 1.12 bits per heavy atom. The third kappa shape index (κ3) is 5.93. The second kappa shape index (κ2) is 8.53. The fraction of sp³-hybridized carbons (Fsp3) is 0.111. The predicted octanol–water partition coefficient (Wildman–Crippen LogP) is 4.55. The number of halogens is 4. The highest BCUT2D eigenvalue weighted by Crippen LogP contribution is 2.32. The Balaban J connectivity index is 1.92. The van der Waals surface area contributed by atoms with Crippen LogP contribution in [0.1, 0.15) is 11.1 Å². The maximum absolute atomic E-state index is 12.7. The van der Waals surface area contributed by atoms with Crippen LogP contribution < -0.4 is 5.32 Å². The second-order valence-electron chi connectivity index (χ2n) is 5.09. The smallest absolute Gasteiger partial charge is 0.416 e. The molecule has 0 atom stereocenters. The van der Waals surface area contributed by atoms with Crippen LogP contribution in [-0.2, 0) is 20.5 Å². The van der Waals surface area contributed by atoms with Gasteiger partial charge < -0.3 is 10.1 Å². The van der Waals surface area contributed by atoms with E-state index in [0.29, 0.717) is 5.69 Å². The molecule has 0 aromatic heterocycles. The van der Waals surface area contributed by atoms with Gasteiger partial charge in [0.1, 0.15) is 0 Å². The number of hydrogen-bond acceptors (Lipinski definition) is 3. The van der Waals surface area contributed by atoms with Crippen molar-refractivity contribution < 1.29 is 27.5 Å². The van der Waals surface area contributed by atoms with Gasteiger partial charge >= 0.3 is 12.1 Å². The first kappa shape index (κ1) is 19.5. The van der Waals surface area contributed by atoms with Crippen LogP contribution in [0.5, 0.6) is 0 Å². The standard InChI is InChI=1S/C18H13ClF3NO3/c19-15-8-7-13(18(20,21)22)10-12(15)6-9-17(25)26-11-16(24)23-14-4-2-1-3-5-14/h1-10H,11H2,(H,23,24)/b9-6+. The van der Waals surface area contributed by atoms with Crippen molar-refractivity contribution in [2.24, 2.45) is 0 Å². The van der Waals surface area contributed by atoms with Crippen LogP contribution in [0.3, 0.4) is 0 Å². The van der Waals surface area contributed by atoms with Gasteiger partial charge in [-0.05, 0) is 42.0 Å². The van der Waals surface area contributed by atoms with Crippen LogP contribution in [0, 0.1) is 0 Å². The Bertz CT molecular complexity index is 820. The molecule has 0 aliphatic rings. The summed E-state index contributed by atoms with van der Waals surface area (Å²) in [4.78, 5) is 23.3. The Kier molecular flexibility index (Phi) is 6.41.